The maximum Gasteiger partial charge on any atom is 0.000968 e. The molecule has 1 atom stereocenters. The van der Waals surface area contributed by atoms with Crippen molar-refractivity contribution < 1.29 is 4.79 Å². The van der Waals surface area contributed by atoms with Crippen LogP contribution in [0.15, 0.2) is 11.8 Å². The Kier molecular flexibility index (Phi) is 12.0. The molecule has 4 rings (SSSR count). The van der Waals surface area contributed by atoms with Gasteiger partial charge in [-0.25, -0.2) is 0 Å². The number of carbonyl (C=O) groups excluding carboxylic acids is 1. The molecule has 0 aromatic heterocycles. The van der Waals surface area contributed by atoms with Crippen LogP contribution in [-0.4, -0.2) is 42.4 Å². The molecule has 1 unspecified atom stereocenters. The number of hydrazine groups is 1. The number of nitrogens with one attached hydrogen (secondary N) is 1. The summed E-state index contributed by atoms with van der Waals surface area (Å²) in [5, 5.41) is 2.21. The summed E-state index contributed by atoms with van der Waals surface area (Å²) in [6.45, 7) is 16.6. The van der Waals surface area contributed by atoms with E-state index in [-0.39, 0.29) is 0 Å². The van der Waals surface area contributed by atoms with Crippen molar-refractivity contribution in [2.24, 2.45) is 11.8 Å². The number of fused-ring (bicyclic) bond motifs is 3. The molecule has 2 bridgehead atoms. The molecular weight excluding hydrogens is 437 g/mol. The Morgan fingerprint density at radius 3 is 2.27 bits per heavy atom. The van der Waals surface area contributed by atoms with Crippen molar-refractivity contribution in [3.05, 3.63) is 11.8 Å². The summed E-state index contributed by atoms with van der Waals surface area (Å²) in [7, 11) is 0. The Bertz CT molecular complexity index is 433. The molecule has 0 amide bonds. The fourth-order valence-corrected chi connectivity index (χ4v) is 7.37. The first-order valence-electron chi connectivity index (χ1n) is 10.6. The average molecular weight is 479 g/mol. The van der Waals surface area contributed by atoms with Gasteiger partial charge in [-0.3, -0.25) is 0 Å². The van der Waals surface area contributed by atoms with E-state index < -0.39 is 19.8 Å². The molecule has 5 heteroatoms. The molecule has 26 heavy (non-hydrogen) atoms. The van der Waals surface area contributed by atoms with Gasteiger partial charge in [-0.05, 0) is 37.8 Å². The van der Waals surface area contributed by atoms with E-state index in [1.54, 1.807) is 6.92 Å². The van der Waals surface area contributed by atoms with E-state index >= 15 is 0 Å². The molecule has 4 nitrogen and oxygen atoms in total. The Morgan fingerprint density at radius 1 is 1.27 bits per heavy atom. The standard InChI is InChI=1S/C11H21IN2O.C8H15N.C2H6/c1-4-6-7-11(5-2)14-9-12(8-13-14)10(3)15;1-7-6-9-4-2-8(7)3-5-9;1-2/h5,13H,4,6-9H2,1-3H3;7-8H,2-6H2,1H3;1-2H3/b11-5+;;. The van der Waals surface area contributed by atoms with E-state index in [0.717, 1.165) is 27.4 Å². The SMILES string of the molecule is C/C=C(\CCCC)N1CI(C(C)=O)CN1.CC.CC1CN2CCC1CC2. The number of halogens is 1. The summed E-state index contributed by atoms with van der Waals surface area (Å²) in [5.74, 6) is 2.07. The first-order valence-corrected chi connectivity index (χ1v) is 14.7. The number of hydrogen-bond acceptors (Lipinski definition) is 4. The van der Waals surface area contributed by atoms with Crippen molar-refractivity contribution in [1.29, 1.82) is 0 Å². The third-order valence-corrected chi connectivity index (χ3v) is 10.4. The Morgan fingerprint density at radius 2 is 1.92 bits per heavy atom. The van der Waals surface area contributed by atoms with E-state index in [4.69, 9.17) is 0 Å². The van der Waals surface area contributed by atoms with Gasteiger partial charge < -0.3 is 4.90 Å². The zero-order valence-electron chi connectivity index (χ0n) is 18.0. The molecule has 4 aliphatic heterocycles. The zero-order valence-corrected chi connectivity index (χ0v) is 20.1. The summed E-state index contributed by atoms with van der Waals surface area (Å²) >= 11 is -1.35. The predicted octanol–water partition coefficient (Wildman–Crippen LogP) is 5.24. The van der Waals surface area contributed by atoms with Gasteiger partial charge in [-0.15, -0.1) is 0 Å². The van der Waals surface area contributed by atoms with Crippen molar-refractivity contribution in [1.82, 2.24) is 15.3 Å². The molecule has 0 aromatic carbocycles. The number of carbonyl (C=O) groups is 1. The van der Waals surface area contributed by atoms with Crippen LogP contribution in [0.1, 0.15) is 73.6 Å². The van der Waals surface area contributed by atoms with Gasteiger partial charge >= 0.3 is 99.7 Å². The van der Waals surface area contributed by atoms with Crippen LogP contribution in [0.25, 0.3) is 0 Å². The molecule has 154 valence electrons. The minimum absolute atomic E-state index is 0.445. The minimum Gasteiger partial charge on any atom is -0.303 e. The Labute approximate surface area is 169 Å². The van der Waals surface area contributed by atoms with Gasteiger partial charge in [0.1, 0.15) is 0 Å². The van der Waals surface area contributed by atoms with E-state index in [1.165, 1.54) is 51.0 Å². The van der Waals surface area contributed by atoms with Crippen LogP contribution in [0.3, 0.4) is 0 Å². The molecule has 4 aliphatic rings. The molecule has 4 saturated heterocycles. The van der Waals surface area contributed by atoms with Crippen LogP contribution in [0.5, 0.6) is 0 Å². The van der Waals surface area contributed by atoms with Crippen LogP contribution in [0.2, 0.25) is 0 Å². The number of unbranched alkanes of at least 4 members (excludes halogenated alkanes) is 1. The Balaban J connectivity index is 0.000000259. The molecule has 1 N–H and O–H groups in total. The molecule has 4 fully saturated rings. The maximum atomic E-state index is 11.3. The normalized spacial score (nSPS) is 28.8. The summed E-state index contributed by atoms with van der Waals surface area (Å²) in [6.07, 6.45) is 8.69. The minimum atomic E-state index is -1.35. The molecular formula is C21H42IN3O. The van der Waals surface area contributed by atoms with Gasteiger partial charge in [0.05, 0.1) is 0 Å². The van der Waals surface area contributed by atoms with E-state index in [2.05, 4.69) is 42.2 Å². The summed E-state index contributed by atoms with van der Waals surface area (Å²) in [6, 6.07) is 0. The number of piperidine rings is 3. The van der Waals surface area contributed by atoms with Gasteiger partial charge in [0.2, 0.25) is 0 Å². The third kappa shape index (κ3) is 7.47. The summed E-state index contributed by atoms with van der Waals surface area (Å²) in [5.41, 5.74) is 4.72. The van der Waals surface area contributed by atoms with Crippen LogP contribution >= 0.6 is 19.8 Å². The summed E-state index contributed by atoms with van der Waals surface area (Å²) < 4.78 is 2.38. The van der Waals surface area contributed by atoms with Gasteiger partial charge in [0.25, 0.3) is 0 Å². The van der Waals surface area contributed by atoms with Crippen molar-refractivity contribution >= 4 is 23.6 Å². The summed E-state index contributed by atoms with van der Waals surface area (Å²) in [4.78, 5) is 13.9. The molecule has 0 aromatic rings. The topological polar surface area (TPSA) is 35.6 Å². The number of allylic oxidation sites excluding steroid dienone is 2. The van der Waals surface area contributed by atoms with Crippen molar-refractivity contribution in [3.8, 4) is 0 Å². The van der Waals surface area contributed by atoms with Crippen molar-refractivity contribution in [2.75, 3.05) is 28.7 Å². The predicted molar refractivity (Wildman–Crippen MR) is 122 cm³/mol. The first kappa shape index (κ1) is 23.9. The van der Waals surface area contributed by atoms with Crippen LogP contribution < -0.4 is 5.43 Å². The number of nitrogens with zero attached hydrogens (tertiary/aromatic N) is 2. The number of hydrogen-bond donors (Lipinski definition) is 1. The number of rotatable bonds is 5. The molecule has 0 radical (unpaired) electrons. The second kappa shape index (κ2) is 13.1. The van der Waals surface area contributed by atoms with Crippen LogP contribution in [0, 0.1) is 11.8 Å². The monoisotopic (exact) mass is 479 g/mol. The molecule has 0 spiro atoms. The molecule has 4 heterocycles. The van der Waals surface area contributed by atoms with Gasteiger partial charge in [0, 0.05) is 6.54 Å². The quantitative estimate of drug-likeness (QED) is 0.253. The smallest absolute Gasteiger partial charge is 0.000968 e. The van der Waals surface area contributed by atoms with Crippen LogP contribution in [-0.2, 0) is 4.79 Å². The third-order valence-electron chi connectivity index (χ3n) is 5.50. The largest absolute Gasteiger partial charge is 0.303 e. The average Bonchev–Trinajstić information content (AvgIpc) is 3.16. The van der Waals surface area contributed by atoms with Gasteiger partial charge in [-0.2, -0.15) is 0 Å². The first-order chi connectivity index (χ1) is 12.5. The van der Waals surface area contributed by atoms with Crippen molar-refractivity contribution in [3.63, 3.8) is 0 Å². The Hall–Kier alpha value is -0.140. The second-order valence-electron chi connectivity index (χ2n) is 7.26. The fraction of sp³-hybridized carbons (Fsp3) is 0.857. The van der Waals surface area contributed by atoms with Crippen molar-refractivity contribution in [2.45, 2.75) is 73.6 Å². The van der Waals surface area contributed by atoms with Gasteiger partial charge in [0.15, 0.2) is 0 Å². The second-order valence-corrected chi connectivity index (χ2v) is 12.8. The van der Waals surface area contributed by atoms with E-state index in [1.807, 2.05) is 13.8 Å². The van der Waals surface area contributed by atoms with E-state index in [9.17, 15) is 4.79 Å². The zero-order chi connectivity index (χ0) is 19.5. The van der Waals surface area contributed by atoms with Crippen LogP contribution in [0.4, 0.5) is 0 Å². The molecule has 0 saturated carbocycles. The van der Waals surface area contributed by atoms with Gasteiger partial charge in [-0.1, -0.05) is 20.8 Å². The fourth-order valence-electron chi connectivity index (χ4n) is 3.78. The van der Waals surface area contributed by atoms with E-state index in [0.29, 0.717) is 3.79 Å². The molecule has 0 aliphatic carbocycles. The number of alkyl halides is 2. The maximum absolute atomic E-state index is 11.3.